The van der Waals surface area contributed by atoms with E-state index in [1.807, 2.05) is 0 Å². The summed E-state index contributed by atoms with van der Waals surface area (Å²) in [5.74, 6) is 0. The minimum Gasteiger partial charge on any atom is -0.371 e. The maximum absolute atomic E-state index is 5.96. The second-order valence-corrected chi connectivity index (χ2v) is 6.24. The summed E-state index contributed by atoms with van der Waals surface area (Å²) in [7, 11) is 0. The predicted octanol–water partition coefficient (Wildman–Crippen LogP) is 1.88. The van der Waals surface area contributed by atoms with Gasteiger partial charge in [-0.2, -0.15) is 0 Å². The molecule has 2 aliphatic rings. The minimum atomic E-state index is 0.193. The Morgan fingerprint density at radius 2 is 1.90 bits per heavy atom. The Hall–Kier alpha value is -1.10. The molecule has 0 saturated carbocycles. The van der Waals surface area contributed by atoms with E-state index in [1.165, 1.54) is 11.3 Å². The molecular weight excluding hydrogens is 262 g/mol. The number of rotatable bonds is 3. The Balaban J connectivity index is 1.73. The van der Waals surface area contributed by atoms with E-state index in [-0.39, 0.29) is 6.10 Å². The van der Waals surface area contributed by atoms with Gasteiger partial charge in [0.15, 0.2) is 0 Å². The molecule has 21 heavy (non-hydrogen) atoms. The lowest BCUT2D eigenvalue weighted by atomic mass is 10.0. The van der Waals surface area contributed by atoms with Crippen LogP contribution >= 0.6 is 0 Å². The second-order valence-electron chi connectivity index (χ2n) is 6.24. The third-order valence-corrected chi connectivity index (χ3v) is 4.60. The predicted molar refractivity (Wildman–Crippen MR) is 86.9 cm³/mol. The lowest BCUT2D eigenvalue weighted by Gasteiger charge is -2.39. The molecule has 0 bridgehead atoms. The molecule has 1 N–H and O–H groups in total. The van der Waals surface area contributed by atoms with Crippen molar-refractivity contribution >= 4 is 5.69 Å². The van der Waals surface area contributed by atoms with Crippen LogP contribution in [0.5, 0.6) is 0 Å². The highest BCUT2D eigenvalue weighted by Crippen LogP contribution is 2.30. The summed E-state index contributed by atoms with van der Waals surface area (Å²) >= 11 is 0. The van der Waals surface area contributed by atoms with Crippen LogP contribution in [-0.2, 0) is 4.74 Å². The highest BCUT2D eigenvalue weighted by Gasteiger charge is 2.24. The van der Waals surface area contributed by atoms with Crippen molar-refractivity contribution in [2.45, 2.75) is 26.0 Å². The fourth-order valence-electron chi connectivity index (χ4n) is 3.29. The van der Waals surface area contributed by atoms with Gasteiger partial charge in [0.1, 0.15) is 0 Å². The fraction of sp³-hybridized carbons (Fsp3) is 0.647. The summed E-state index contributed by atoms with van der Waals surface area (Å²) < 4.78 is 5.96. The van der Waals surface area contributed by atoms with Gasteiger partial charge >= 0.3 is 0 Å². The number of hydrogen-bond acceptors (Lipinski definition) is 4. The largest absolute Gasteiger partial charge is 0.371 e. The van der Waals surface area contributed by atoms with Crippen molar-refractivity contribution in [3.05, 3.63) is 29.8 Å². The number of para-hydroxylation sites is 1. The zero-order valence-electron chi connectivity index (χ0n) is 13.2. The van der Waals surface area contributed by atoms with E-state index in [0.717, 1.165) is 45.9 Å². The molecule has 1 aromatic carbocycles. The van der Waals surface area contributed by atoms with Gasteiger partial charge in [-0.05, 0) is 19.9 Å². The van der Waals surface area contributed by atoms with E-state index in [9.17, 15) is 0 Å². The first-order valence-corrected chi connectivity index (χ1v) is 8.16. The summed E-state index contributed by atoms with van der Waals surface area (Å²) in [4.78, 5) is 5.07. The Labute approximate surface area is 128 Å². The molecular formula is C17H27N3O. The summed E-state index contributed by atoms with van der Waals surface area (Å²) in [6, 6.07) is 9.39. The first-order chi connectivity index (χ1) is 10.3. The Bertz CT molecular complexity index is 449. The van der Waals surface area contributed by atoms with Crippen LogP contribution in [0.2, 0.25) is 0 Å². The van der Waals surface area contributed by atoms with Crippen LogP contribution in [0.1, 0.15) is 25.5 Å². The molecule has 1 atom stereocenters. The quantitative estimate of drug-likeness (QED) is 0.919. The minimum absolute atomic E-state index is 0.193. The van der Waals surface area contributed by atoms with Gasteiger partial charge in [0.2, 0.25) is 0 Å². The molecule has 2 fully saturated rings. The van der Waals surface area contributed by atoms with E-state index in [4.69, 9.17) is 4.74 Å². The summed E-state index contributed by atoms with van der Waals surface area (Å²) in [6.45, 7) is 11.8. The lowest BCUT2D eigenvalue weighted by molar-refractivity contribution is 0.0279. The van der Waals surface area contributed by atoms with Crippen LogP contribution in [0.4, 0.5) is 5.69 Å². The lowest BCUT2D eigenvalue weighted by Crippen LogP contribution is -2.49. The molecule has 2 aliphatic heterocycles. The van der Waals surface area contributed by atoms with Crippen molar-refractivity contribution in [2.75, 3.05) is 50.8 Å². The standard InChI is InChI=1S/C17H27N3O/c1-14(2)19-8-10-20(11-9-19)16-6-4-3-5-15(16)17-13-18-7-12-21-17/h3-6,14,17-18H,7-13H2,1-2H3. The van der Waals surface area contributed by atoms with Crippen LogP contribution in [0.25, 0.3) is 0 Å². The average molecular weight is 289 g/mol. The first kappa shape index (κ1) is 14.8. The van der Waals surface area contributed by atoms with E-state index >= 15 is 0 Å². The van der Waals surface area contributed by atoms with Crippen molar-refractivity contribution < 1.29 is 4.74 Å². The monoisotopic (exact) mass is 289 g/mol. The average Bonchev–Trinajstić information content (AvgIpc) is 2.56. The van der Waals surface area contributed by atoms with Gasteiger partial charge in [0.25, 0.3) is 0 Å². The van der Waals surface area contributed by atoms with Crippen molar-refractivity contribution in [3.63, 3.8) is 0 Å². The van der Waals surface area contributed by atoms with E-state index in [2.05, 4.69) is 53.2 Å². The summed E-state index contributed by atoms with van der Waals surface area (Å²) in [5.41, 5.74) is 2.69. The number of ether oxygens (including phenoxy) is 1. The number of benzene rings is 1. The molecule has 1 aromatic rings. The molecule has 0 radical (unpaired) electrons. The van der Waals surface area contributed by atoms with Crippen LogP contribution in [0, 0.1) is 0 Å². The SMILES string of the molecule is CC(C)N1CCN(c2ccccc2C2CNCCO2)CC1. The van der Waals surface area contributed by atoms with Crippen molar-refractivity contribution in [1.29, 1.82) is 0 Å². The highest BCUT2D eigenvalue weighted by molar-refractivity contribution is 5.55. The number of anilines is 1. The normalized spacial score (nSPS) is 24.5. The maximum Gasteiger partial charge on any atom is 0.0969 e. The van der Waals surface area contributed by atoms with Gasteiger partial charge in [-0.25, -0.2) is 0 Å². The number of nitrogens with one attached hydrogen (secondary N) is 1. The molecule has 0 aliphatic carbocycles. The Kier molecular flexibility index (Phi) is 4.78. The molecule has 0 amide bonds. The van der Waals surface area contributed by atoms with Crippen LogP contribution < -0.4 is 10.2 Å². The molecule has 0 aromatic heterocycles. The van der Waals surface area contributed by atoms with E-state index < -0.39 is 0 Å². The Morgan fingerprint density at radius 3 is 2.57 bits per heavy atom. The number of nitrogens with zero attached hydrogens (tertiary/aromatic N) is 2. The zero-order valence-corrected chi connectivity index (χ0v) is 13.2. The van der Waals surface area contributed by atoms with Crippen LogP contribution in [0.15, 0.2) is 24.3 Å². The molecule has 0 spiro atoms. The van der Waals surface area contributed by atoms with Gasteiger partial charge in [0, 0.05) is 56.6 Å². The molecule has 2 saturated heterocycles. The van der Waals surface area contributed by atoms with Crippen molar-refractivity contribution in [2.24, 2.45) is 0 Å². The zero-order chi connectivity index (χ0) is 14.7. The summed E-state index contributed by atoms with van der Waals surface area (Å²) in [6.07, 6.45) is 0.193. The van der Waals surface area contributed by atoms with Gasteiger partial charge in [0.05, 0.1) is 12.7 Å². The molecule has 3 rings (SSSR count). The van der Waals surface area contributed by atoms with Crippen molar-refractivity contribution in [1.82, 2.24) is 10.2 Å². The number of piperazine rings is 1. The molecule has 1 unspecified atom stereocenters. The second kappa shape index (κ2) is 6.77. The molecule has 116 valence electrons. The third-order valence-electron chi connectivity index (χ3n) is 4.60. The van der Waals surface area contributed by atoms with Gasteiger partial charge in [-0.3, -0.25) is 4.90 Å². The van der Waals surface area contributed by atoms with Crippen LogP contribution in [-0.4, -0.2) is 56.8 Å². The van der Waals surface area contributed by atoms with Gasteiger partial charge < -0.3 is 15.0 Å². The maximum atomic E-state index is 5.96. The first-order valence-electron chi connectivity index (χ1n) is 8.16. The smallest absolute Gasteiger partial charge is 0.0969 e. The molecule has 4 heteroatoms. The number of hydrogen-bond donors (Lipinski definition) is 1. The van der Waals surface area contributed by atoms with E-state index in [0.29, 0.717) is 6.04 Å². The highest BCUT2D eigenvalue weighted by atomic mass is 16.5. The van der Waals surface area contributed by atoms with Crippen molar-refractivity contribution in [3.8, 4) is 0 Å². The van der Waals surface area contributed by atoms with E-state index in [1.54, 1.807) is 0 Å². The molecule has 4 nitrogen and oxygen atoms in total. The third kappa shape index (κ3) is 3.39. The fourth-order valence-corrected chi connectivity index (χ4v) is 3.29. The topological polar surface area (TPSA) is 27.7 Å². The van der Waals surface area contributed by atoms with Gasteiger partial charge in [-0.15, -0.1) is 0 Å². The summed E-state index contributed by atoms with van der Waals surface area (Å²) in [5, 5.41) is 3.43. The Morgan fingerprint density at radius 1 is 1.14 bits per heavy atom. The van der Waals surface area contributed by atoms with Gasteiger partial charge in [-0.1, -0.05) is 18.2 Å². The molecule has 2 heterocycles. The van der Waals surface area contributed by atoms with Crippen LogP contribution in [0.3, 0.4) is 0 Å². The number of morpholine rings is 1.